The first kappa shape index (κ1) is 17.3. The molecule has 7 heteroatoms. The number of rotatable bonds is 4. The lowest BCUT2D eigenvalue weighted by atomic mass is 10.1. The SMILES string of the molecule is Cc1ccc(-c2csc(NC(=O)c3ccccc3S(C)(=O)=O)n2)cc1. The Labute approximate surface area is 150 Å². The molecule has 128 valence electrons. The predicted molar refractivity (Wildman–Crippen MR) is 99.8 cm³/mol. The fraction of sp³-hybridized carbons (Fsp3) is 0.111. The molecule has 1 aromatic heterocycles. The van der Waals surface area contributed by atoms with Crippen molar-refractivity contribution in [1.29, 1.82) is 0 Å². The van der Waals surface area contributed by atoms with E-state index in [4.69, 9.17) is 0 Å². The van der Waals surface area contributed by atoms with E-state index < -0.39 is 15.7 Å². The predicted octanol–water partition coefficient (Wildman–Crippen LogP) is 3.77. The molecule has 0 saturated heterocycles. The number of amides is 1. The third-order valence-corrected chi connectivity index (χ3v) is 5.52. The van der Waals surface area contributed by atoms with Gasteiger partial charge in [-0.05, 0) is 19.1 Å². The Kier molecular flexibility index (Phi) is 4.69. The number of hydrogen-bond acceptors (Lipinski definition) is 5. The zero-order valence-electron chi connectivity index (χ0n) is 13.7. The normalized spacial score (nSPS) is 11.3. The number of hydrogen-bond donors (Lipinski definition) is 1. The highest BCUT2D eigenvalue weighted by molar-refractivity contribution is 7.90. The third-order valence-electron chi connectivity index (χ3n) is 3.60. The highest BCUT2D eigenvalue weighted by Gasteiger charge is 2.19. The van der Waals surface area contributed by atoms with Crippen molar-refractivity contribution in [2.24, 2.45) is 0 Å². The first-order valence-corrected chi connectivity index (χ1v) is 10.2. The molecule has 1 amide bonds. The standard InChI is InChI=1S/C18H16N2O3S2/c1-12-7-9-13(10-8-12)15-11-24-18(19-15)20-17(21)14-5-3-4-6-16(14)25(2,22)23/h3-11H,1-2H3,(H,19,20,21). The number of nitrogens with zero attached hydrogens (tertiary/aromatic N) is 1. The van der Waals surface area contributed by atoms with Gasteiger partial charge >= 0.3 is 0 Å². The summed E-state index contributed by atoms with van der Waals surface area (Å²) in [6.45, 7) is 2.01. The third kappa shape index (κ3) is 3.94. The van der Waals surface area contributed by atoms with Crippen molar-refractivity contribution in [3.63, 3.8) is 0 Å². The summed E-state index contributed by atoms with van der Waals surface area (Å²) in [6.07, 6.45) is 1.08. The van der Waals surface area contributed by atoms with Crippen molar-refractivity contribution in [3.05, 3.63) is 65.0 Å². The molecule has 0 unspecified atom stereocenters. The van der Waals surface area contributed by atoms with Gasteiger partial charge in [0.1, 0.15) is 0 Å². The molecular formula is C18H16N2O3S2. The fourth-order valence-electron chi connectivity index (χ4n) is 2.33. The van der Waals surface area contributed by atoms with Gasteiger partial charge in [-0.15, -0.1) is 11.3 Å². The quantitative estimate of drug-likeness (QED) is 0.756. The van der Waals surface area contributed by atoms with Crippen LogP contribution in [-0.4, -0.2) is 25.6 Å². The smallest absolute Gasteiger partial charge is 0.258 e. The number of anilines is 1. The summed E-state index contributed by atoms with van der Waals surface area (Å²) < 4.78 is 23.7. The summed E-state index contributed by atoms with van der Waals surface area (Å²) in [6, 6.07) is 14.0. The Morgan fingerprint density at radius 1 is 1.08 bits per heavy atom. The number of carbonyl (C=O) groups excluding carboxylic acids is 1. The van der Waals surface area contributed by atoms with Crippen LogP contribution in [0.15, 0.2) is 58.8 Å². The summed E-state index contributed by atoms with van der Waals surface area (Å²) >= 11 is 1.29. The van der Waals surface area contributed by atoms with Gasteiger partial charge in [0, 0.05) is 17.2 Å². The highest BCUT2D eigenvalue weighted by atomic mass is 32.2. The molecule has 0 radical (unpaired) electrons. The van der Waals surface area contributed by atoms with E-state index in [0.717, 1.165) is 23.1 Å². The van der Waals surface area contributed by atoms with Crippen LogP contribution in [-0.2, 0) is 9.84 Å². The molecule has 0 saturated carbocycles. The van der Waals surface area contributed by atoms with E-state index in [9.17, 15) is 13.2 Å². The second kappa shape index (κ2) is 6.78. The first-order valence-electron chi connectivity index (χ1n) is 7.47. The number of thiazole rings is 1. The van der Waals surface area contributed by atoms with Gasteiger partial charge in [0.15, 0.2) is 15.0 Å². The molecule has 3 rings (SSSR count). The summed E-state index contributed by atoms with van der Waals surface area (Å²) in [5.74, 6) is -0.495. The number of nitrogens with one attached hydrogen (secondary N) is 1. The van der Waals surface area contributed by atoms with Crippen LogP contribution in [0.1, 0.15) is 15.9 Å². The molecule has 3 aromatic rings. The summed E-state index contributed by atoms with van der Waals surface area (Å²) in [5.41, 5.74) is 2.98. The Bertz CT molecular complexity index is 1020. The van der Waals surface area contributed by atoms with Gasteiger partial charge in [0.2, 0.25) is 0 Å². The monoisotopic (exact) mass is 372 g/mol. The Hall–Kier alpha value is -2.51. The summed E-state index contributed by atoms with van der Waals surface area (Å²) in [4.78, 5) is 16.9. The van der Waals surface area contributed by atoms with Gasteiger partial charge in [0.25, 0.3) is 5.91 Å². The molecule has 1 heterocycles. The van der Waals surface area contributed by atoms with Crippen LogP contribution >= 0.6 is 11.3 Å². The molecule has 5 nitrogen and oxygen atoms in total. The first-order chi connectivity index (χ1) is 11.8. The van der Waals surface area contributed by atoms with Crippen LogP contribution in [0, 0.1) is 6.92 Å². The molecule has 2 aromatic carbocycles. The maximum atomic E-state index is 12.5. The molecule has 0 aliphatic rings. The number of aromatic nitrogens is 1. The lowest BCUT2D eigenvalue weighted by Gasteiger charge is -2.07. The van der Waals surface area contributed by atoms with E-state index in [1.165, 1.54) is 23.5 Å². The van der Waals surface area contributed by atoms with Gasteiger partial charge in [-0.3, -0.25) is 10.1 Å². The lowest BCUT2D eigenvalue weighted by molar-refractivity contribution is 0.102. The molecule has 25 heavy (non-hydrogen) atoms. The van der Waals surface area contributed by atoms with Crippen LogP contribution in [0.4, 0.5) is 5.13 Å². The highest BCUT2D eigenvalue weighted by Crippen LogP contribution is 2.26. The number of sulfone groups is 1. The molecule has 0 aliphatic carbocycles. The van der Waals surface area contributed by atoms with Crippen molar-refractivity contribution in [2.45, 2.75) is 11.8 Å². The molecule has 0 atom stereocenters. The van der Waals surface area contributed by atoms with Crippen LogP contribution < -0.4 is 5.32 Å². The Balaban J connectivity index is 1.85. The van der Waals surface area contributed by atoms with Gasteiger partial charge in [-0.1, -0.05) is 42.0 Å². The molecule has 0 spiro atoms. The van der Waals surface area contributed by atoms with Crippen molar-refractivity contribution in [1.82, 2.24) is 4.98 Å². The number of carbonyl (C=O) groups is 1. The van der Waals surface area contributed by atoms with Crippen LogP contribution in [0.2, 0.25) is 0 Å². The average molecular weight is 372 g/mol. The number of aryl methyl sites for hydroxylation is 1. The van der Waals surface area contributed by atoms with E-state index in [1.807, 2.05) is 36.6 Å². The Morgan fingerprint density at radius 2 is 1.76 bits per heavy atom. The molecule has 0 aliphatic heterocycles. The minimum atomic E-state index is -3.49. The summed E-state index contributed by atoms with van der Waals surface area (Å²) in [7, 11) is -3.49. The fourth-order valence-corrected chi connectivity index (χ4v) is 3.93. The van der Waals surface area contributed by atoms with Crippen LogP contribution in [0.3, 0.4) is 0 Å². The van der Waals surface area contributed by atoms with E-state index in [2.05, 4.69) is 10.3 Å². The van der Waals surface area contributed by atoms with Gasteiger partial charge < -0.3 is 0 Å². The molecule has 1 N–H and O–H groups in total. The van der Waals surface area contributed by atoms with Crippen molar-refractivity contribution in [2.75, 3.05) is 11.6 Å². The molecule has 0 bridgehead atoms. The largest absolute Gasteiger partial charge is 0.298 e. The van der Waals surface area contributed by atoms with Gasteiger partial charge in [-0.25, -0.2) is 13.4 Å². The maximum Gasteiger partial charge on any atom is 0.258 e. The van der Waals surface area contributed by atoms with Gasteiger partial charge in [-0.2, -0.15) is 0 Å². The van der Waals surface area contributed by atoms with Crippen molar-refractivity contribution in [3.8, 4) is 11.3 Å². The minimum Gasteiger partial charge on any atom is -0.298 e. The molecular weight excluding hydrogens is 356 g/mol. The van der Waals surface area contributed by atoms with Crippen molar-refractivity contribution < 1.29 is 13.2 Å². The second-order valence-electron chi connectivity index (χ2n) is 5.63. The average Bonchev–Trinajstić information content (AvgIpc) is 3.03. The zero-order valence-corrected chi connectivity index (χ0v) is 15.3. The number of benzene rings is 2. The second-order valence-corrected chi connectivity index (χ2v) is 8.47. The van der Waals surface area contributed by atoms with Crippen LogP contribution in [0.5, 0.6) is 0 Å². The lowest BCUT2D eigenvalue weighted by Crippen LogP contribution is -2.15. The maximum absolute atomic E-state index is 12.5. The van der Waals surface area contributed by atoms with Gasteiger partial charge in [0.05, 0.1) is 16.2 Å². The van der Waals surface area contributed by atoms with Crippen molar-refractivity contribution >= 4 is 32.2 Å². The van der Waals surface area contributed by atoms with Crippen LogP contribution in [0.25, 0.3) is 11.3 Å². The van der Waals surface area contributed by atoms with E-state index in [0.29, 0.717) is 5.13 Å². The zero-order chi connectivity index (χ0) is 18.0. The topological polar surface area (TPSA) is 76.1 Å². The van der Waals surface area contributed by atoms with E-state index in [1.54, 1.807) is 12.1 Å². The minimum absolute atomic E-state index is 0.00261. The van der Waals surface area contributed by atoms with E-state index >= 15 is 0 Å². The van der Waals surface area contributed by atoms with E-state index in [-0.39, 0.29) is 10.5 Å². The molecule has 0 fully saturated rings. The Morgan fingerprint density at radius 3 is 2.44 bits per heavy atom. The summed E-state index contributed by atoms with van der Waals surface area (Å²) in [5, 5.41) is 4.95.